The zero-order valence-corrected chi connectivity index (χ0v) is 31.7. The second-order valence-corrected chi connectivity index (χ2v) is 15.5. The minimum absolute atomic E-state index is 0.125. The summed E-state index contributed by atoms with van der Waals surface area (Å²) in [5, 5.41) is 25.6. The largest absolute Gasteiger partial charge is 0.496 e. The molecule has 0 saturated carbocycles. The van der Waals surface area contributed by atoms with Crippen molar-refractivity contribution in [2.24, 2.45) is 21.4 Å². The van der Waals surface area contributed by atoms with Crippen LogP contribution in [0.2, 0.25) is 10.0 Å². The van der Waals surface area contributed by atoms with Crippen LogP contribution < -0.4 is 10.1 Å². The lowest BCUT2D eigenvalue weighted by Crippen LogP contribution is -2.58. The number of carboxylic acids is 1. The molecule has 0 radical (unpaired) electrons. The van der Waals surface area contributed by atoms with Crippen LogP contribution in [0.1, 0.15) is 71.7 Å². The molecule has 2 N–H and O–H groups in total. The van der Waals surface area contributed by atoms with Crippen molar-refractivity contribution in [3.8, 4) is 5.75 Å². The first-order valence-electron chi connectivity index (χ1n) is 18.4. The zero-order chi connectivity index (χ0) is 37.9. The molecule has 4 aliphatic heterocycles. The third-order valence-corrected chi connectivity index (χ3v) is 12.3. The number of rotatable bonds is 10. The van der Waals surface area contributed by atoms with Crippen LogP contribution >= 0.6 is 23.2 Å². The summed E-state index contributed by atoms with van der Waals surface area (Å²) in [6, 6.07) is 16.4. The fourth-order valence-corrected chi connectivity index (χ4v) is 8.63. The van der Waals surface area contributed by atoms with Crippen LogP contribution in [0.4, 0.5) is 4.79 Å². The summed E-state index contributed by atoms with van der Waals surface area (Å²) in [4.78, 5) is 50.2. The molecule has 3 unspecified atom stereocenters. The van der Waals surface area contributed by atoms with Gasteiger partial charge in [0, 0.05) is 50.9 Å². The van der Waals surface area contributed by atoms with Crippen molar-refractivity contribution in [2.75, 3.05) is 52.9 Å². The Morgan fingerprint density at radius 3 is 2.52 bits per heavy atom. The molecule has 284 valence electrons. The third kappa shape index (κ3) is 7.80. The summed E-state index contributed by atoms with van der Waals surface area (Å²) >= 11 is 13.0. The highest BCUT2D eigenvalue weighted by molar-refractivity contribution is 6.42. The number of nitrogens with zero attached hydrogens (tertiary/aromatic N) is 7. The number of likely N-dealkylation sites (tertiary alicyclic amines) is 3. The van der Waals surface area contributed by atoms with Crippen LogP contribution in [0, 0.1) is 5.92 Å². The van der Waals surface area contributed by atoms with E-state index in [1.54, 1.807) is 30.5 Å². The van der Waals surface area contributed by atoms with Gasteiger partial charge in [0.25, 0.3) is 5.91 Å². The maximum Gasteiger partial charge on any atom is 0.318 e. The molecule has 0 aliphatic carbocycles. The third-order valence-electron chi connectivity index (χ3n) is 11.6. The molecule has 5 heterocycles. The first-order chi connectivity index (χ1) is 26.1. The van der Waals surface area contributed by atoms with E-state index in [2.05, 4.69) is 30.6 Å². The van der Waals surface area contributed by atoms with E-state index in [1.165, 1.54) is 0 Å². The minimum atomic E-state index is -0.870. The Labute approximate surface area is 324 Å². The molecule has 3 fully saturated rings. The second kappa shape index (κ2) is 16.0. The summed E-state index contributed by atoms with van der Waals surface area (Å²) in [6.07, 6.45) is 7.37. The van der Waals surface area contributed by atoms with Gasteiger partial charge in [-0.2, -0.15) is 5.11 Å². The quantitative estimate of drug-likeness (QED) is 0.237. The Kier molecular flexibility index (Phi) is 11.2. The van der Waals surface area contributed by atoms with Crippen molar-refractivity contribution in [3.05, 3.63) is 93.2 Å². The van der Waals surface area contributed by atoms with Gasteiger partial charge in [0.2, 0.25) is 0 Å². The number of urea groups is 1. The van der Waals surface area contributed by atoms with E-state index in [0.29, 0.717) is 79.8 Å². The average Bonchev–Trinajstić information content (AvgIpc) is 3.91. The number of pyridine rings is 1. The number of carbonyl (C=O) groups is 3. The molecule has 3 atom stereocenters. The van der Waals surface area contributed by atoms with Gasteiger partial charge >= 0.3 is 12.0 Å². The summed E-state index contributed by atoms with van der Waals surface area (Å²) in [5.74, 6) is -1.07. The number of carboxylic acid groups (broad SMARTS) is 1. The topological polar surface area (TPSA) is 152 Å². The number of hydrogen-bond acceptors (Lipinski definition) is 9. The Morgan fingerprint density at radius 1 is 0.981 bits per heavy atom. The molecular weight excluding hydrogens is 731 g/mol. The van der Waals surface area contributed by atoms with Crippen molar-refractivity contribution >= 4 is 47.3 Å². The van der Waals surface area contributed by atoms with Crippen LogP contribution in [0.15, 0.2) is 76.2 Å². The van der Waals surface area contributed by atoms with Gasteiger partial charge < -0.3 is 29.9 Å². The lowest BCUT2D eigenvalue weighted by atomic mass is 9.76. The first-order valence-corrected chi connectivity index (χ1v) is 19.2. The van der Waals surface area contributed by atoms with E-state index < -0.39 is 17.4 Å². The van der Waals surface area contributed by atoms with Crippen molar-refractivity contribution in [1.29, 1.82) is 0 Å². The number of amides is 3. The predicted molar refractivity (Wildman–Crippen MR) is 204 cm³/mol. The molecule has 15 heteroatoms. The zero-order valence-electron chi connectivity index (χ0n) is 30.2. The van der Waals surface area contributed by atoms with Crippen LogP contribution in [-0.4, -0.2) is 102 Å². The van der Waals surface area contributed by atoms with E-state index in [0.717, 1.165) is 36.2 Å². The van der Waals surface area contributed by atoms with Crippen molar-refractivity contribution in [2.45, 2.75) is 55.5 Å². The molecule has 3 amide bonds. The number of halogens is 2. The number of ether oxygens (including phenoxy) is 1. The summed E-state index contributed by atoms with van der Waals surface area (Å²) in [6.45, 7) is 3.92. The molecule has 7 rings (SSSR count). The monoisotopic (exact) mass is 774 g/mol. The standard InChI is InChI=1S/C39H44Cl2N8O5/c1-54-33-10-7-26(32-23-43-46-45-32)21-29(33)35(50)49-20-12-38(25-49,28-8-9-30(40)31(41)22-28)11-17-47-18-13-39(14-19-47,34-6-2-3-15-42-34)44-37(53)48-16-4-5-27(24-48)36(51)52/h2-3,6-10,15,21-23,27,32H,4-5,11-14,16-20,24-25H2,1H3,(H,44,53)(H,51,52). The van der Waals surface area contributed by atoms with E-state index in [1.807, 2.05) is 53.4 Å². The van der Waals surface area contributed by atoms with Crippen molar-refractivity contribution < 1.29 is 24.2 Å². The van der Waals surface area contributed by atoms with Gasteiger partial charge in [-0.1, -0.05) is 41.4 Å². The lowest BCUT2D eigenvalue weighted by Gasteiger charge is -2.44. The lowest BCUT2D eigenvalue weighted by molar-refractivity contribution is -0.143. The number of piperidine rings is 2. The molecule has 54 heavy (non-hydrogen) atoms. The van der Waals surface area contributed by atoms with Gasteiger partial charge in [-0.05, 0) is 97.8 Å². The Morgan fingerprint density at radius 2 is 1.81 bits per heavy atom. The number of carbonyl (C=O) groups excluding carboxylic acids is 2. The van der Waals surface area contributed by atoms with E-state index in [-0.39, 0.29) is 29.9 Å². The first kappa shape index (κ1) is 37.7. The van der Waals surface area contributed by atoms with Gasteiger partial charge in [-0.3, -0.25) is 14.6 Å². The molecule has 3 saturated heterocycles. The van der Waals surface area contributed by atoms with Gasteiger partial charge in [-0.15, -0.1) is 5.10 Å². The second-order valence-electron chi connectivity index (χ2n) is 14.7. The molecule has 3 aromatic rings. The molecule has 0 bridgehead atoms. The fourth-order valence-electron chi connectivity index (χ4n) is 8.33. The van der Waals surface area contributed by atoms with Crippen LogP contribution in [0.25, 0.3) is 0 Å². The van der Waals surface area contributed by atoms with Gasteiger partial charge in [0.15, 0.2) is 0 Å². The number of nitrogens with one attached hydrogen (secondary N) is 1. The molecular formula is C39H44Cl2N8O5. The molecule has 13 nitrogen and oxygen atoms in total. The number of methoxy groups -OCH3 is 1. The number of aromatic nitrogens is 1. The van der Waals surface area contributed by atoms with Gasteiger partial charge in [0.1, 0.15) is 11.8 Å². The number of benzene rings is 2. The summed E-state index contributed by atoms with van der Waals surface area (Å²) < 4.78 is 5.63. The average molecular weight is 776 g/mol. The number of aliphatic carboxylic acids is 1. The van der Waals surface area contributed by atoms with E-state index in [9.17, 15) is 19.5 Å². The van der Waals surface area contributed by atoms with E-state index >= 15 is 0 Å². The SMILES string of the molecule is COc1ccc(C2C=NN=N2)cc1C(=O)N1CCC(CCN2CCC(NC(=O)N3CCCC(C(=O)O)C3)(c3ccccn3)CC2)(c2ccc(Cl)c(Cl)c2)C1. The maximum atomic E-state index is 14.2. The highest BCUT2D eigenvalue weighted by Crippen LogP contribution is 2.42. The highest BCUT2D eigenvalue weighted by atomic mass is 35.5. The predicted octanol–water partition coefficient (Wildman–Crippen LogP) is 6.56. The van der Waals surface area contributed by atoms with Crippen LogP contribution in [-0.2, 0) is 15.7 Å². The van der Waals surface area contributed by atoms with Gasteiger partial charge in [-0.25, -0.2) is 4.79 Å². The highest BCUT2D eigenvalue weighted by Gasteiger charge is 2.44. The summed E-state index contributed by atoms with van der Waals surface area (Å²) in [7, 11) is 1.56. The van der Waals surface area contributed by atoms with Crippen LogP contribution in [0.3, 0.4) is 0 Å². The molecule has 1 aromatic heterocycles. The normalized spacial score (nSPS) is 23.8. The fraction of sp³-hybridized carbons (Fsp3) is 0.462. The van der Waals surface area contributed by atoms with E-state index in [4.69, 9.17) is 27.9 Å². The van der Waals surface area contributed by atoms with Gasteiger partial charge in [0.05, 0.1) is 46.1 Å². The molecule has 0 spiro atoms. The summed E-state index contributed by atoms with van der Waals surface area (Å²) in [5.41, 5.74) is 2.01. The Hall–Kier alpha value is -4.59. The van der Waals surface area contributed by atoms with Crippen molar-refractivity contribution in [3.63, 3.8) is 0 Å². The Balaban J connectivity index is 1.08. The maximum absolute atomic E-state index is 14.2. The molecule has 4 aliphatic rings. The molecule has 2 aromatic carbocycles. The minimum Gasteiger partial charge on any atom is -0.496 e. The Bertz CT molecular complexity index is 1930. The van der Waals surface area contributed by atoms with Crippen LogP contribution in [0.5, 0.6) is 5.75 Å². The number of hydrogen-bond donors (Lipinski definition) is 2. The van der Waals surface area contributed by atoms with Crippen molar-refractivity contribution in [1.82, 2.24) is 25.0 Å². The smallest absolute Gasteiger partial charge is 0.318 e.